The molecule has 78 valence electrons. The van der Waals surface area contributed by atoms with Crippen LogP contribution in [-0.2, 0) is 6.61 Å². The van der Waals surface area contributed by atoms with Gasteiger partial charge in [0.05, 0.1) is 12.3 Å². The van der Waals surface area contributed by atoms with E-state index in [-0.39, 0.29) is 18.5 Å². The summed E-state index contributed by atoms with van der Waals surface area (Å²) in [5.74, 6) is -0.284. The lowest BCUT2D eigenvalue weighted by molar-refractivity contribution is 0.281. The van der Waals surface area contributed by atoms with E-state index >= 15 is 0 Å². The molecule has 1 rings (SSSR count). The largest absolute Gasteiger partial charge is 0.392 e. The van der Waals surface area contributed by atoms with Crippen molar-refractivity contribution in [3.63, 3.8) is 0 Å². The van der Waals surface area contributed by atoms with E-state index in [0.717, 1.165) is 0 Å². The third kappa shape index (κ3) is 2.23. The fourth-order valence-corrected chi connectivity index (χ4v) is 1.21. The van der Waals surface area contributed by atoms with Crippen LogP contribution in [0.1, 0.15) is 19.4 Å². The molecule has 1 N–H and O–H groups in total. The molecule has 0 saturated carbocycles. The molecule has 0 fully saturated rings. The predicted octanol–water partition coefficient (Wildman–Crippen LogP) is 2.16. The van der Waals surface area contributed by atoms with Gasteiger partial charge in [0, 0.05) is 13.1 Å². The maximum absolute atomic E-state index is 13.5. The lowest BCUT2D eigenvalue weighted by Crippen LogP contribution is -2.26. The van der Waals surface area contributed by atoms with Crippen LogP contribution in [0.4, 0.5) is 10.1 Å². The van der Waals surface area contributed by atoms with Crippen LogP contribution >= 0.6 is 0 Å². The molecular weight excluding hydrogens is 181 g/mol. The van der Waals surface area contributed by atoms with Crippen LogP contribution < -0.4 is 4.90 Å². The molecule has 0 aliphatic heterocycles. The highest BCUT2D eigenvalue weighted by molar-refractivity contribution is 5.49. The third-order valence-corrected chi connectivity index (χ3v) is 2.35. The van der Waals surface area contributed by atoms with Crippen LogP contribution in [-0.4, -0.2) is 18.2 Å². The minimum Gasteiger partial charge on any atom is -0.392 e. The maximum Gasteiger partial charge on any atom is 0.146 e. The Balaban J connectivity index is 2.99. The van der Waals surface area contributed by atoms with Crippen molar-refractivity contribution < 1.29 is 9.50 Å². The minimum atomic E-state index is -0.284. The predicted molar refractivity (Wildman–Crippen MR) is 55.9 cm³/mol. The van der Waals surface area contributed by atoms with Crippen LogP contribution in [0, 0.1) is 5.82 Å². The molecule has 14 heavy (non-hydrogen) atoms. The summed E-state index contributed by atoms with van der Waals surface area (Å²) in [5, 5.41) is 8.82. The van der Waals surface area contributed by atoms with Crippen LogP contribution in [0.25, 0.3) is 0 Å². The monoisotopic (exact) mass is 197 g/mol. The smallest absolute Gasteiger partial charge is 0.146 e. The molecule has 0 unspecified atom stereocenters. The number of hydrogen-bond donors (Lipinski definition) is 1. The lowest BCUT2D eigenvalue weighted by atomic mass is 10.2. The van der Waals surface area contributed by atoms with E-state index in [1.165, 1.54) is 6.07 Å². The van der Waals surface area contributed by atoms with Gasteiger partial charge < -0.3 is 10.0 Å². The van der Waals surface area contributed by atoms with Crippen LogP contribution in [0.5, 0.6) is 0 Å². The Morgan fingerprint density at radius 2 is 2.07 bits per heavy atom. The molecule has 0 atom stereocenters. The molecule has 0 aromatic heterocycles. The summed E-state index contributed by atoms with van der Waals surface area (Å²) in [6.07, 6.45) is 0. The van der Waals surface area contributed by atoms with Gasteiger partial charge in [0.25, 0.3) is 0 Å². The highest BCUT2D eigenvalue weighted by Crippen LogP contribution is 2.20. The summed E-state index contributed by atoms with van der Waals surface area (Å²) in [6, 6.07) is 5.05. The van der Waals surface area contributed by atoms with Gasteiger partial charge in [-0.2, -0.15) is 0 Å². The average molecular weight is 197 g/mol. The van der Waals surface area contributed by atoms with Crippen molar-refractivity contribution in [2.75, 3.05) is 11.9 Å². The molecule has 0 heterocycles. The Hall–Kier alpha value is -1.09. The zero-order valence-electron chi connectivity index (χ0n) is 8.79. The van der Waals surface area contributed by atoms with E-state index in [9.17, 15) is 4.39 Å². The second kappa shape index (κ2) is 4.42. The molecule has 0 aliphatic rings. The minimum absolute atomic E-state index is 0.122. The van der Waals surface area contributed by atoms with Crippen LogP contribution in [0.15, 0.2) is 18.2 Å². The summed E-state index contributed by atoms with van der Waals surface area (Å²) in [7, 11) is 1.85. The number of aliphatic hydroxyl groups excluding tert-OH is 1. The lowest BCUT2D eigenvalue weighted by Gasteiger charge is -2.24. The van der Waals surface area contributed by atoms with E-state index < -0.39 is 0 Å². The second-order valence-electron chi connectivity index (χ2n) is 3.65. The van der Waals surface area contributed by atoms with E-state index in [1.54, 1.807) is 12.1 Å². The normalized spacial score (nSPS) is 10.7. The SMILES string of the molecule is CC(C)N(C)c1ccc(CO)cc1F. The Kier molecular flexibility index (Phi) is 3.47. The first-order chi connectivity index (χ1) is 6.56. The third-order valence-electron chi connectivity index (χ3n) is 2.35. The molecule has 0 radical (unpaired) electrons. The zero-order chi connectivity index (χ0) is 10.7. The fourth-order valence-electron chi connectivity index (χ4n) is 1.21. The van der Waals surface area contributed by atoms with E-state index in [0.29, 0.717) is 11.3 Å². The number of nitrogens with zero attached hydrogens (tertiary/aromatic N) is 1. The summed E-state index contributed by atoms with van der Waals surface area (Å²) < 4.78 is 13.5. The van der Waals surface area contributed by atoms with Gasteiger partial charge in [-0.05, 0) is 31.5 Å². The van der Waals surface area contributed by atoms with Crippen molar-refractivity contribution in [2.45, 2.75) is 26.5 Å². The first-order valence-electron chi connectivity index (χ1n) is 4.68. The quantitative estimate of drug-likeness (QED) is 0.802. The van der Waals surface area contributed by atoms with Crippen LogP contribution in [0.3, 0.4) is 0 Å². The number of rotatable bonds is 3. The summed E-state index contributed by atoms with van der Waals surface area (Å²) in [4.78, 5) is 1.86. The first-order valence-corrected chi connectivity index (χ1v) is 4.68. The topological polar surface area (TPSA) is 23.5 Å². The van der Waals surface area contributed by atoms with Crippen molar-refractivity contribution in [3.05, 3.63) is 29.6 Å². The first kappa shape index (κ1) is 11.0. The molecule has 0 spiro atoms. The molecule has 0 aliphatic carbocycles. The summed E-state index contributed by atoms with van der Waals surface area (Å²) >= 11 is 0. The number of anilines is 1. The summed E-state index contributed by atoms with van der Waals surface area (Å²) in [6.45, 7) is 3.88. The Labute approximate surface area is 84.0 Å². The number of aliphatic hydroxyl groups is 1. The van der Waals surface area contributed by atoms with Crippen molar-refractivity contribution in [2.24, 2.45) is 0 Å². The summed E-state index contributed by atoms with van der Waals surface area (Å²) in [5.41, 5.74) is 1.17. The molecular formula is C11H16FNO. The van der Waals surface area contributed by atoms with Gasteiger partial charge >= 0.3 is 0 Å². The number of halogens is 1. The van der Waals surface area contributed by atoms with Gasteiger partial charge in [-0.3, -0.25) is 0 Å². The molecule has 0 amide bonds. The molecule has 0 saturated heterocycles. The van der Waals surface area contributed by atoms with Crippen molar-refractivity contribution in [1.29, 1.82) is 0 Å². The highest BCUT2D eigenvalue weighted by atomic mass is 19.1. The number of benzene rings is 1. The van der Waals surface area contributed by atoms with Gasteiger partial charge in [-0.1, -0.05) is 6.07 Å². The second-order valence-corrected chi connectivity index (χ2v) is 3.65. The van der Waals surface area contributed by atoms with Gasteiger partial charge in [-0.25, -0.2) is 4.39 Å². The molecule has 1 aromatic carbocycles. The maximum atomic E-state index is 13.5. The Morgan fingerprint density at radius 3 is 2.50 bits per heavy atom. The van der Waals surface area contributed by atoms with E-state index in [2.05, 4.69) is 0 Å². The Morgan fingerprint density at radius 1 is 1.43 bits per heavy atom. The van der Waals surface area contributed by atoms with Crippen molar-refractivity contribution in [3.8, 4) is 0 Å². The van der Waals surface area contributed by atoms with Gasteiger partial charge in [-0.15, -0.1) is 0 Å². The van der Waals surface area contributed by atoms with Crippen molar-refractivity contribution in [1.82, 2.24) is 0 Å². The van der Waals surface area contributed by atoms with Gasteiger partial charge in [0.15, 0.2) is 0 Å². The standard InChI is InChI=1S/C11H16FNO/c1-8(2)13(3)11-5-4-9(7-14)6-10(11)12/h4-6,8,14H,7H2,1-3H3. The Bertz CT molecular complexity index is 312. The highest BCUT2D eigenvalue weighted by Gasteiger charge is 2.10. The molecule has 3 heteroatoms. The molecule has 2 nitrogen and oxygen atoms in total. The average Bonchev–Trinajstić information content (AvgIpc) is 2.16. The zero-order valence-corrected chi connectivity index (χ0v) is 8.79. The van der Waals surface area contributed by atoms with Gasteiger partial charge in [0.1, 0.15) is 5.82 Å². The van der Waals surface area contributed by atoms with E-state index in [1.807, 2.05) is 25.8 Å². The number of hydrogen-bond acceptors (Lipinski definition) is 2. The van der Waals surface area contributed by atoms with E-state index in [4.69, 9.17) is 5.11 Å². The molecule has 1 aromatic rings. The fraction of sp³-hybridized carbons (Fsp3) is 0.455. The van der Waals surface area contributed by atoms with Crippen molar-refractivity contribution >= 4 is 5.69 Å². The van der Waals surface area contributed by atoms with Gasteiger partial charge in [0.2, 0.25) is 0 Å². The molecule has 0 bridgehead atoms. The van der Waals surface area contributed by atoms with Crippen LogP contribution in [0.2, 0.25) is 0 Å².